The smallest absolute Gasteiger partial charge is 0.328 e. The van der Waals surface area contributed by atoms with Crippen LogP contribution in [0.1, 0.15) is 24.8 Å². The van der Waals surface area contributed by atoms with Crippen LogP contribution >= 0.6 is 11.6 Å². The van der Waals surface area contributed by atoms with E-state index in [9.17, 15) is 4.79 Å². The third-order valence-corrected chi connectivity index (χ3v) is 2.68. The summed E-state index contributed by atoms with van der Waals surface area (Å²) in [5.74, 6) is -0.498. The first-order valence-corrected chi connectivity index (χ1v) is 6.22. The minimum atomic E-state index is -1.04. The molecule has 0 aromatic heterocycles. The summed E-state index contributed by atoms with van der Waals surface area (Å²) in [7, 11) is 0. The highest BCUT2D eigenvalue weighted by molar-refractivity contribution is 6.32. The number of nitrogens with zero attached hydrogens (tertiary/aromatic N) is 1. The third-order valence-electron chi connectivity index (χ3n) is 2.35. The number of rotatable bonds is 7. The zero-order chi connectivity index (χ0) is 14.1. The van der Waals surface area contributed by atoms with E-state index in [-0.39, 0.29) is 0 Å². The summed E-state index contributed by atoms with van der Waals surface area (Å²) in [5, 5.41) is 17.5. The highest BCUT2D eigenvalue weighted by Gasteiger charge is 2.05. The Hall–Kier alpha value is -1.99. The highest BCUT2D eigenvalue weighted by Crippen LogP contribution is 2.28. The minimum absolute atomic E-state index is 0.437. The number of ether oxygens (including phenoxy) is 1. The van der Waals surface area contributed by atoms with Gasteiger partial charge in [0.25, 0.3) is 0 Å². The van der Waals surface area contributed by atoms with E-state index >= 15 is 0 Å². The second-order valence-corrected chi connectivity index (χ2v) is 4.19. The monoisotopic (exact) mass is 279 g/mol. The Kier molecular flexibility index (Phi) is 6.48. The molecule has 0 atom stereocenters. The van der Waals surface area contributed by atoms with Crippen LogP contribution in [0, 0.1) is 11.3 Å². The summed E-state index contributed by atoms with van der Waals surface area (Å²) >= 11 is 6.01. The molecule has 0 fully saturated rings. The third kappa shape index (κ3) is 5.45. The summed E-state index contributed by atoms with van der Waals surface area (Å²) in [4.78, 5) is 10.5. The van der Waals surface area contributed by atoms with Crippen molar-refractivity contribution in [1.82, 2.24) is 0 Å². The topological polar surface area (TPSA) is 70.3 Å². The van der Waals surface area contributed by atoms with Gasteiger partial charge in [-0.15, -0.1) is 0 Å². The molecule has 0 bridgehead atoms. The lowest BCUT2D eigenvalue weighted by Crippen LogP contribution is -1.99. The van der Waals surface area contributed by atoms with Gasteiger partial charge in [0.05, 0.1) is 17.7 Å². The van der Waals surface area contributed by atoms with Gasteiger partial charge in [0.1, 0.15) is 5.75 Å². The molecular weight excluding hydrogens is 266 g/mol. The lowest BCUT2D eigenvalue weighted by atomic mass is 10.2. The largest absolute Gasteiger partial charge is 0.493 e. The Bertz CT molecular complexity index is 506. The maximum absolute atomic E-state index is 10.5. The molecule has 5 heteroatoms. The molecule has 1 aromatic carbocycles. The molecule has 0 heterocycles. The second kappa shape index (κ2) is 8.17. The van der Waals surface area contributed by atoms with Crippen LogP contribution in [-0.2, 0) is 4.79 Å². The molecule has 19 heavy (non-hydrogen) atoms. The van der Waals surface area contributed by atoms with Crippen LogP contribution < -0.4 is 4.74 Å². The van der Waals surface area contributed by atoms with E-state index in [1.807, 2.05) is 0 Å². The molecule has 0 radical (unpaired) electrons. The zero-order valence-corrected chi connectivity index (χ0v) is 11.1. The Morgan fingerprint density at radius 3 is 2.95 bits per heavy atom. The van der Waals surface area contributed by atoms with Crippen LogP contribution in [0.4, 0.5) is 0 Å². The van der Waals surface area contributed by atoms with Crippen molar-refractivity contribution in [3.63, 3.8) is 0 Å². The van der Waals surface area contributed by atoms with Crippen molar-refractivity contribution in [2.45, 2.75) is 19.3 Å². The Morgan fingerprint density at radius 2 is 2.26 bits per heavy atom. The number of hydrogen-bond acceptors (Lipinski definition) is 3. The van der Waals surface area contributed by atoms with Crippen LogP contribution in [0.3, 0.4) is 0 Å². The van der Waals surface area contributed by atoms with Crippen molar-refractivity contribution < 1.29 is 14.6 Å². The van der Waals surface area contributed by atoms with Gasteiger partial charge >= 0.3 is 5.97 Å². The number of nitriles is 1. The summed E-state index contributed by atoms with van der Waals surface area (Å²) in [6.07, 6.45) is 4.48. The van der Waals surface area contributed by atoms with Crippen molar-refractivity contribution in [2.24, 2.45) is 0 Å². The highest BCUT2D eigenvalue weighted by atomic mass is 35.5. The fraction of sp³-hybridized carbons (Fsp3) is 0.286. The molecule has 0 saturated carbocycles. The normalized spacial score (nSPS) is 10.3. The maximum atomic E-state index is 10.5. The lowest BCUT2D eigenvalue weighted by Gasteiger charge is -2.10. The quantitative estimate of drug-likeness (QED) is 0.612. The Balaban J connectivity index is 2.69. The van der Waals surface area contributed by atoms with Gasteiger partial charge in [-0.3, -0.25) is 0 Å². The Labute approximate surface area is 116 Å². The summed E-state index contributed by atoms with van der Waals surface area (Å²) < 4.78 is 5.56. The number of aliphatic carboxylic acids is 1. The van der Waals surface area contributed by atoms with Crippen LogP contribution in [-0.4, -0.2) is 17.7 Å². The van der Waals surface area contributed by atoms with E-state index in [4.69, 9.17) is 26.7 Å². The zero-order valence-electron chi connectivity index (χ0n) is 10.3. The molecule has 1 rings (SSSR count). The van der Waals surface area contributed by atoms with Gasteiger partial charge in [0.15, 0.2) is 0 Å². The minimum Gasteiger partial charge on any atom is -0.493 e. The average molecular weight is 280 g/mol. The standard InChI is InChI=1S/C14H14ClNO3/c15-12-5-4-6-13(11(12)7-8-14(17)18)19-10-3-1-2-9-16/h4-8H,1-3,10H2,(H,17,18)/b8-7+. The number of unbranched alkanes of at least 4 members (excludes halogenated alkanes) is 2. The summed E-state index contributed by atoms with van der Waals surface area (Å²) in [5.41, 5.74) is 0.548. The number of carbonyl (C=O) groups is 1. The second-order valence-electron chi connectivity index (χ2n) is 3.79. The van der Waals surface area contributed by atoms with Crippen molar-refractivity contribution in [2.75, 3.05) is 6.61 Å². The molecule has 0 amide bonds. The predicted octanol–water partition coefficient (Wildman–Crippen LogP) is 3.51. The first-order chi connectivity index (χ1) is 9.15. The van der Waals surface area contributed by atoms with E-state index in [0.29, 0.717) is 29.4 Å². The fourth-order valence-corrected chi connectivity index (χ4v) is 1.68. The number of halogens is 1. The fourth-order valence-electron chi connectivity index (χ4n) is 1.45. The van der Waals surface area contributed by atoms with Gasteiger partial charge in [0.2, 0.25) is 0 Å². The molecular formula is C14H14ClNO3. The number of hydrogen-bond donors (Lipinski definition) is 1. The summed E-state index contributed by atoms with van der Waals surface area (Å²) in [6, 6.07) is 7.21. The molecule has 0 unspecified atom stereocenters. The number of carboxylic acids is 1. The van der Waals surface area contributed by atoms with Crippen LogP contribution in [0.2, 0.25) is 5.02 Å². The van der Waals surface area contributed by atoms with Crippen molar-refractivity contribution in [3.8, 4) is 11.8 Å². The molecule has 0 aliphatic carbocycles. The summed E-state index contributed by atoms with van der Waals surface area (Å²) in [6.45, 7) is 0.468. The van der Waals surface area contributed by atoms with Gasteiger partial charge in [-0.25, -0.2) is 4.79 Å². The van der Waals surface area contributed by atoms with Crippen LogP contribution in [0.5, 0.6) is 5.75 Å². The van der Waals surface area contributed by atoms with E-state index in [0.717, 1.165) is 18.9 Å². The molecule has 0 saturated heterocycles. The molecule has 0 spiro atoms. The molecule has 100 valence electrons. The molecule has 1 N–H and O–H groups in total. The predicted molar refractivity (Wildman–Crippen MR) is 73.1 cm³/mol. The molecule has 4 nitrogen and oxygen atoms in total. The van der Waals surface area contributed by atoms with Crippen molar-refractivity contribution in [1.29, 1.82) is 5.26 Å². The first-order valence-electron chi connectivity index (χ1n) is 5.84. The van der Waals surface area contributed by atoms with E-state index < -0.39 is 5.97 Å². The van der Waals surface area contributed by atoms with Gasteiger partial charge in [-0.1, -0.05) is 17.7 Å². The van der Waals surface area contributed by atoms with Gasteiger partial charge < -0.3 is 9.84 Å². The SMILES string of the molecule is N#CCCCCOc1cccc(Cl)c1/C=C/C(=O)O. The van der Waals surface area contributed by atoms with E-state index in [2.05, 4.69) is 6.07 Å². The lowest BCUT2D eigenvalue weighted by molar-refractivity contribution is -0.131. The van der Waals surface area contributed by atoms with Gasteiger partial charge in [0, 0.05) is 18.1 Å². The van der Waals surface area contributed by atoms with E-state index in [1.54, 1.807) is 18.2 Å². The van der Waals surface area contributed by atoms with Gasteiger partial charge in [-0.05, 0) is 31.1 Å². The Morgan fingerprint density at radius 1 is 1.47 bits per heavy atom. The first kappa shape index (κ1) is 15.1. The molecule has 0 aliphatic rings. The van der Waals surface area contributed by atoms with Crippen LogP contribution in [0.15, 0.2) is 24.3 Å². The van der Waals surface area contributed by atoms with Crippen LogP contribution in [0.25, 0.3) is 6.08 Å². The van der Waals surface area contributed by atoms with E-state index in [1.165, 1.54) is 6.08 Å². The maximum Gasteiger partial charge on any atom is 0.328 e. The van der Waals surface area contributed by atoms with Crippen molar-refractivity contribution in [3.05, 3.63) is 34.9 Å². The molecule has 0 aliphatic heterocycles. The average Bonchev–Trinajstić information content (AvgIpc) is 2.37. The molecule has 1 aromatic rings. The van der Waals surface area contributed by atoms with Crippen molar-refractivity contribution >= 4 is 23.6 Å². The number of benzene rings is 1. The van der Waals surface area contributed by atoms with Gasteiger partial charge in [-0.2, -0.15) is 5.26 Å². The number of carboxylic acid groups (broad SMARTS) is 1.